The number of H-pyrrole nitrogens is 1. The Labute approximate surface area is 183 Å². The molecule has 2 aromatic carbocycles. The average Bonchev–Trinajstić information content (AvgIpc) is 3.24. The molecule has 1 fully saturated rings. The Kier molecular flexibility index (Phi) is 5.67. The van der Waals surface area contributed by atoms with Crippen LogP contribution in [0.5, 0.6) is 0 Å². The summed E-state index contributed by atoms with van der Waals surface area (Å²) in [4.78, 5) is 15.2. The van der Waals surface area contributed by atoms with Crippen molar-refractivity contribution in [2.75, 3.05) is 18.4 Å². The number of fused-ring (bicyclic) bond motifs is 1. The highest BCUT2D eigenvalue weighted by Gasteiger charge is 2.12. The number of hydrogen-bond donors (Lipinski definition) is 2. The maximum atomic E-state index is 4.70. The summed E-state index contributed by atoms with van der Waals surface area (Å²) in [6, 6.07) is 21.5. The van der Waals surface area contributed by atoms with Gasteiger partial charge in [-0.1, -0.05) is 61.0 Å². The van der Waals surface area contributed by atoms with E-state index in [2.05, 4.69) is 69.6 Å². The minimum Gasteiger partial charge on any atom is -0.348 e. The number of benzene rings is 2. The van der Waals surface area contributed by atoms with E-state index in [9.17, 15) is 0 Å². The van der Waals surface area contributed by atoms with Crippen molar-refractivity contribution in [3.05, 3.63) is 78.0 Å². The zero-order valence-corrected chi connectivity index (χ0v) is 18.0. The monoisotopic (exact) mass is 411 g/mol. The SMILES string of the molecule is C[C@@H](Nc1ncc2cc(-c3ccc(CN4CCCCC4)cc3)[nH]c2n1)c1ccccc1. The molecule has 158 valence electrons. The third-order valence-electron chi connectivity index (χ3n) is 6.13. The van der Waals surface area contributed by atoms with E-state index >= 15 is 0 Å². The lowest BCUT2D eigenvalue weighted by molar-refractivity contribution is 0.221. The highest BCUT2D eigenvalue weighted by molar-refractivity contribution is 5.83. The maximum absolute atomic E-state index is 4.70. The first-order valence-corrected chi connectivity index (χ1v) is 11.2. The van der Waals surface area contributed by atoms with Crippen LogP contribution in [0.1, 0.15) is 43.4 Å². The van der Waals surface area contributed by atoms with Crippen LogP contribution in [0.2, 0.25) is 0 Å². The molecule has 0 radical (unpaired) electrons. The quantitative estimate of drug-likeness (QED) is 0.422. The number of hydrogen-bond acceptors (Lipinski definition) is 4. The highest BCUT2D eigenvalue weighted by atomic mass is 15.1. The average molecular weight is 412 g/mol. The van der Waals surface area contributed by atoms with E-state index in [0.29, 0.717) is 5.95 Å². The van der Waals surface area contributed by atoms with Crippen LogP contribution in [0.4, 0.5) is 5.95 Å². The first-order valence-electron chi connectivity index (χ1n) is 11.2. The molecule has 1 saturated heterocycles. The molecule has 1 aliphatic heterocycles. The molecule has 0 unspecified atom stereocenters. The van der Waals surface area contributed by atoms with E-state index in [4.69, 9.17) is 4.98 Å². The van der Waals surface area contributed by atoms with Crippen molar-refractivity contribution in [2.24, 2.45) is 0 Å². The molecule has 4 aromatic rings. The second kappa shape index (κ2) is 8.90. The fraction of sp³-hybridized carbons (Fsp3) is 0.308. The number of likely N-dealkylation sites (tertiary alicyclic amines) is 1. The molecule has 5 rings (SSSR count). The molecule has 1 aliphatic rings. The van der Waals surface area contributed by atoms with E-state index in [-0.39, 0.29) is 6.04 Å². The van der Waals surface area contributed by atoms with Gasteiger partial charge in [-0.2, -0.15) is 4.98 Å². The lowest BCUT2D eigenvalue weighted by atomic mass is 10.1. The highest BCUT2D eigenvalue weighted by Crippen LogP contribution is 2.25. The van der Waals surface area contributed by atoms with Crippen LogP contribution in [-0.2, 0) is 6.54 Å². The second-order valence-electron chi connectivity index (χ2n) is 8.49. The summed E-state index contributed by atoms with van der Waals surface area (Å²) in [6.45, 7) is 5.62. The van der Waals surface area contributed by atoms with Crippen molar-refractivity contribution >= 4 is 17.0 Å². The van der Waals surface area contributed by atoms with Gasteiger partial charge in [0.1, 0.15) is 5.65 Å². The maximum Gasteiger partial charge on any atom is 0.225 e. The topological polar surface area (TPSA) is 56.8 Å². The van der Waals surface area contributed by atoms with Crippen LogP contribution in [0.15, 0.2) is 66.9 Å². The number of rotatable bonds is 6. The van der Waals surface area contributed by atoms with Crippen LogP contribution in [0, 0.1) is 0 Å². The van der Waals surface area contributed by atoms with Gasteiger partial charge >= 0.3 is 0 Å². The number of nitrogens with zero attached hydrogens (tertiary/aromatic N) is 3. The van der Waals surface area contributed by atoms with Gasteiger partial charge in [0.25, 0.3) is 0 Å². The van der Waals surface area contributed by atoms with E-state index in [0.717, 1.165) is 23.3 Å². The number of aromatic amines is 1. The molecule has 0 saturated carbocycles. The van der Waals surface area contributed by atoms with Crippen LogP contribution >= 0.6 is 0 Å². The summed E-state index contributed by atoms with van der Waals surface area (Å²) < 4.78 is 0. The first-order chi connectivity index (χ1) is 15.2. The van der Waals surface area contributed by atoms with Crippen molar-refractivity contribution in [3.63, 3.8) is 0 Å². The standard InChI is InChI=1S/C26H29N5/c1-19(21-8-4-2-5-9-21)28-26-27-17-23-16-24(29-25(23)30-26)22-12-10-20(11-13-22)18-31-14-6-3-7-15-31/h2,4-5,8-13,16-17,19H,3,6-7,14-15,18H2,1H3,(H2,27,28,29,30)/t19-/m1/s1. The fourth-order valence-electron chi connectivity index (χ4n) is 4.33. The molecule has 2 aromatic heterocycles. The summed E-state index contributed by atoms with van der Waals surface area (Å²) in [5.74, 6) is 0.633. The van der Waals surface area contributed by atoms with Crippen molar-refractivity contribution < 1.29 is 0 Å². The largest absolute Gasteiger partial charge is 0.348 e. The predicted molar refractivity (Wildman–Crippen MR) is 127 cm³/mol. The summed E-state index contributed by atoms with van der Waals surface area (Å²) >= 11 is 0. The smallest absolute Gasteiger partial charge is 0.225 e. The zero-order chi connectivity index (χ0) is 21.0. The molecule has 1 atom stereocenters. The van der Waals surface area contributed by atoms with Crippen molar-refractivity contribution in [1.82, 2.24) is 19.9 Å². The third kappa shape index (κ3) is 4.62. The minimum atomic E-state index is 0.139. The van der Waals surface area contributed by atoms with Crippen molar-refractivity contribution in [1.29, 1.82) is 0 Å². The van der Waals surface area contributed by atoms with Crippen LogP contribution < -0.4 is 5.32 Å². The molecule has 3 heterocycles. The zero-order valence-electron chi connectivity index (χ0n) is 18.0. The molecule has 31 heavy (non-hydrogen) atoms. The molecule has 0 spiro atoms. The van der Waals surface area contributed by atoms with Crippen LogP contribution in [0.3, 0.4) is 0 Å². The minimum absolute atomic E-state index is 0.139. The van der Waals surface area contributed by atoms with Gasteiger partial charge in [-0.15, -0.1) is 0 Å². The van der Waals surface area contributed by atoms with E-state index < -0.39 is 0 Å². The lowest BCUT2D eigenvalue weighted by Crippen LogP contribution is -2.28. The van der Waals surface area contributed by atoms with Crippen molar-refractivity contribution in [2.45, 2.75) is 38.8 Å². The molecular weight excluding hydrogens is 382 g/mol. The Bertz CT molecular complexity index is 1130. The first kappa shape index (κ1) is 19.8. The van der Waals surface area contributed by atoms with Gasteiger partial charge in [-0.3, -0.25) is 4.90 Å². The van der Waals surface area contributed by atoms with Gasteiger partial charge in [0.05, 0.1) is 6.04 Å². The fourth-order valence-corrected chi connectivity index (χ4v) is 4.33. The van der Waals surface area contributed by atoms with E-state index in [1.54, 1.807) is 0 Å². The van der Waals surface area contributed by atoms with Gasteiger partial charge in [0.15, 0.2) is 0 Å². The van der Waals surface area contributed by atoms with Crippen LogP contribution in [0.25, 0.3) is 22.3 Å². The van der Waals surface area contributed by atoms with Gasteiger partial charge in [0.2, 0.25) is 5.95 Å². The number of nitrogens with one attached hydrogen (secondary N) is 2. The normalized spacial score (nSPS) is 15.8. The lowest BCUT2D eigenvalue weighted by Gasteiger charge is -2.26. The second-order valence-corrected chi connectivity index (χ2v) is 8.49. The molecule has 5 nitrogen and oxygen atoms in total. The Balaban J connectivity index is 1.30. The Morgan fingerprint density at radius 3 is 2.55 bits per heavy atom. The molecule has 0 amide bonds. The molecule has 2 N–H and O–H groups in total. The molecular formula is C26H29N5. The Morgan fingerprint density at radius 1 is 1.00 bits per heavy atom. The Morgan fingerprint density at radius 2 is 1.77 bits per heavy atom. The summed E-state index contributed by atoms with van der Waals surface area (Å²) in [6.07, 6.45) is 5.92. The number of aromatic nitrogens is 3. The predicted octanol–water partition coefficient (Wildman–Crippen LogP) is 5.78. The number of piperidine rings is 1. The summed E-state index contributed by atoms with van der Waals surface area (Å²) in [7, 11) is 0. The molecule has 0 aliphatic carbocycles. The summed E-state index contributed by atoms with van der Waals surface area (Å²) in [5, 5.41) is 4.42. The van der Waals surface area contributed by atoms with Crippen LogP contribution in [-0.4, -0.2) is 32.9 Å². The van der Waals surface area contributed by atoms with Gasteiger partial charge < -0.3 is 10.3 Å². The van der Waals surface area contributed by atoms with Gasteiger partial charge in [0, 0.05) is 23.8 Å². The summed E-state index contributed by atoms with van der Waals surface area (Å²) in [5.41, 5.74) is 5.69. The van der Waals surface area contributed by atoms with Gasteiger partial charge in [-0.25, -0.2) is 4.98 Å². The number of anilines is 1. The van der Waals surface area contributed by atoms with Gasteiger partial charge in [-0.05, 0) is 55.6 Å². The molecule has 5 heteroatoms. The van der Waals surface area contributed by atoms with E-state index in [1.165, 1.54) is 49.0 Å². The molecule has 0 bridgehead atoms. The van der Waals surface area contributed by atoms with Crippen molar-refractivity contribution in [3.8, 4) is 11.3 Å². The third-order valence-corrected chi connectivity index (χ3v) is 6.13. The van der Waals surface area contributed by atoms with E-state index in [1.807, 2.05) is 24.4 Å². The Hall–Kier alpha value is -3.18.